The molecule has 5 nitrogen and oxygen atoms in total. The number of carbonyl (C=O) groups is 2. The summed E-state index contributed by atoms with van der Waals surface area (Å²) in [5, 5.41) is 3.73. The number of amides is 2. The number of benzene rings is 1. The van der Waals surface area contributed by atoms with Crippen LogP contribution in [0.25, 0.3) is 4.91 Å². The van der Waals surface area contributed by atoms with Gasteiger partial charge in [0.2, 0.25) is 12.3 Å². The molecule has 5 N–H and O–H groups in total. The van der Waals surface area contributed by atoms with Gasteiger partial charge in [-0.25, -0.2) is 4.39 Å². The molecule has 0 fully saturated rings. The van der Waals surface area contributed by atoms with Gasteiger partial charge in [0.1, 0.15) is 5.82 Å². The van der Waals surface area contributed by atoms with E-state index in [1.807, 2.05) is 6.08 Å². The fourth-order valence-corrected chi connectivity index (χ4v) is 2.76. The molecular weight excluding hydrogens is 293 g/mol. The fourth-order valence-electron chi connectivity index (χ4n) is 1.71. The second-order valence-corrected chi connectivity index (χ2v) is 4.99. The second kappa shape index (κ2) is 8.11. The first kappa shape index (κ1) is 16.8. The maximum Gasteiger partial charge on any atom is 0.247 e. The third-order valence-electron chi connectivity index (χ3n) is 2.63. The molecule has 0 aliphatic carbocycles. The Morgan fingerprint density at radius 3 is 2.43 bits per heavy atom. The number of halogens is 1. The van der Waals surface area contributed by atoms with Gasteiger partial charge >= 0.3 is 0 Å². The number of carbonyl (C=O) groups excluding carboxylic acids is 2. The van der Waals surface area contributed by atoms with Crippen molar-refractivity contribution >= 4 is 29.0 Å². The van der Waals surface area contributed by atoms with E-state index >= 15 is 0 Å². The summed E-state index contributed by atoms with van der Waals surface area (Å²) >= 11 is 1.43. The maximum absolute atomic E-state index is 12.9. The van der Waals surface area contributed by atoms with Gasteiger partial charge in [-0.3, -0.25) is 9.59 Å². The zero-order chi connectivity index (χ0) is 15.8. The number of nitrogens with two attached hydrogens (primary N) is 2. The summed E-state index contributed by atoms with van der Waals surface area (Å²) in [5.41, 5.74) is 11.0. The predicted molar refractivity (Wildman–Crippen MR) is 82.1 cm³/mol. The molecule has 0 saturated heterocycles. The molecule has 1 aliphatic rings. The molecule has 0 radical (unpaired) electrons. The van der Waals surface area contributed by atoms with Crippen LogP contribution in [0.2, 0.25) is 0 Å². The molecule has 0 saturated carbocycles. The van der Waals surface area contributed by atoms with E-state index in [0.717, 1.165) is 15.5 Å². The lowest BCUT2D eigenvalue weighted by Crippen LogP contribution is -2.20. The first-order chi connectivity index (χ1) is 10.0. The molecule has 21 heavy (non-hydrogen) atoms. The number of rotatable bonds is 3. The largest absolute Gasteiger partial charge is 0.382 e. The first-order valence-corrected chi connectivity index (χ1v) is 6.85. The minimum absolute atomic E-state index is 0.250. The highest BCUT2D eigenvalue weighted by Gasteiger charge is 2.18. The fraction of sp³-hybridized carbons (Fsp3) is 0.143. The van der Waals surface area contributed by atoms with Crippen LogP contribution in [0.15, 0.2) is 40.9 Å². The molecule has 0 atom stereocenters. The summed E-state index contributed by atoms with van der Waals surface area (Å²) < 4.78 is 12.9. The summed E-state index contributed by atoms with van der Waals surface area (Å²) in [4.78, 5) is 20.8. The lowest BCUT2D eigenvalue weighted by molar-refractivity contribution is -0.114. The maximum atomic E-state index is 12.9. The van der Waals surface area contributed by atoms with Crippen LogP contribution in [0.5, 0.6) is 0 Å². The van der Waals surface area contributed by atoms with Crippen LogP contribution < -0.4 is 16.8 Å². The van der Waals surface area contributed by atoms with Crippen molar-refractivity contribution in [2.75, 3.05) is 7.05 Å². The zero-order valence-electron chi connectivity index (χ0n) is 11.4. The standard InChI is InChI=1S/C13H13FN2OS.CH3NO/c1-16-13-10(12(15)17)6-7-11(18-13)8-2-4-9(14)5-3-8;2-1-3/h2-5,7,16H,6H2,1H3,(H2,15,17);1H,(H2,2,3). The second-order valence-electron chi connectivity index (χ2n) is 3.94. The summed E-state index contributed by atoms with van der Waals surface area (Å²) in [7, 11) is 1.75. The van der Waals surface area contributed by atoms with Gasteiger partial charge in [-0.05, 0) is 24.1 Å². The molecule has 0 unspecified atom stereocenters. The minimum atomic E-state index is -0.416. The number of nitrogens with one attached hydrogen (secondary N) is 1. The molecule has 0 spiro atoms. The van der Waals surface area contributed by atoms with E-state index < -0.39 is 5.91 Å². The van der Waals surface area contributed by atoms with Crippen molar-refractivity contribution in [1.82, 2.24) is 5.32 Å². The predicted octanol–water partition coefficient (Wildman–Crippen LogP) is 1.32. The summed E-state index contributed by atoms with van der Waals surface area (Å²) in [6.07, 6.45) is 2.67. The monoisotopic (exact) mass is 309 g/mol. The van der Waals surface area contributed by atoms with Crippen LogP contribution in [0.1, 0.15) is 12.0 Å². The van der Waals surface area contributed by atoms with Crippen molar-refractivity contribution in [2.24, 2.45) is 11.5 Å². The van der Waals surface area contributed by atoms with E-state index in [4.69, 9.17) is 10.5 Å². The van der Waals surface area contributed by atoms with E-state index in [-0.39, 0.29) is 12.2 Å². The van der Waals surface area contributed by atoms with E-state index in [1.54, 1.807) is 19.2 Å². The van der Waals surface area contributed by atoms with Gasteiger partial charge in [0.15, 0.2) is 0 Å². The molecule has 0 aromatic heterocycles. The van der Waals surface area contributed by atoms with E-state index in [2.05, 4.69) is 11.1 Å². The number of hydrogen-bond donors (Lipinski definition) is 3. The lowest BCUT2D eigenvalue weighted by Gasteiger charge is -2.18. The average Bonchev–Trinajstić information content (AvgIpc) is 2.48. The zero-order valence-corrected chi connectivity index (χ0v) is 12.2. The molecule has 1 aromatic carbocycles. The number of thioether (sulfide) groups is 1. The number of hydrogen-bond acceptors (Lipinski definition) is 4. The Hall–Kier alpha value is -2.28. The van der Waals surface area contributed by atoms with Crippen molar-refractivity contribution in [3.05, 3.63) is 52.3 Å². The van der Waals surface area contributed by atoms with Gasteiger partial charge in [0, 0.05) is 12.0 Å². The first-order valence-electron chi connectivity index (χ1n) is 6.03. The Bertz CT molecular complexity index is 582. The molecular formula is C14H16FN3O2S. The minimum Gasteiger partial charge on any atom is -0.382 e. The van der Waals surface area contributed by atoms with Crippen LogP contribution in [0.3, 0.4) is 0 Å². The van der Waals surface area contributed by atoms with Crippen molar-refractivity contribution in [2.45, 2.75) is 6.42 Å². The highest BCUT2D eigenvalue weighted by Crippen LogP contribution is 2.38. The van der Waals surface area contributed by atoms with E-state index in [9.17, 15) is 9.18 Å². The molecule has 112 valence electrons. The Morgan fingerprint density at radius 1 is 1.38 bits per heavy atom. The van der Waals surface area contributed by atoms with Gasteiger partial charge in [-0.1, -0.05) is 30.0 Å². The molecule has 1 heterocycles. The Labute approximate surface area is 126 Å². The smallest absolute Gasteiger partial charge is 0.247 e. The normalized spacial score (nSPS) is 13.7. The molecule has 1 aliphatic heterocycles. The Balaban J connectivity index is 0.000000677. The molecule has 2 rings (SSSR count). The third kappa shape index (κ3) is 4.64. The van der Waals surface area contributed by atoms with Crippen molar-refractivity contribution in [3.63, 3.8) is 0 Å². The van der Waals surface area contributed by atoms with Gasteiger partial charge < -0.3 is 16.8 Å². The highest BCUT2D eigenvalue weighted by atomic mass is 32.2. The van der Waals surface area contributed by atoms with Crippen LogP contribution in [-0.2, 0) is 9.59 Å². The topological polar surface area (TPSA) is 98.2 Å². The Kier molecular flexibility index (Phi) is 6.48. The summed E-state index contributed by atoms with van der Waals surface area (Å²) in [6, 6.07) is 6.28. The SMILES string of the molecule is CNC1=C(C(N)=O)CC=C(c2ccc(F)cc2)S1.NC=O. The van der Waals surface area contributed by atoms with Crippen LogP contribution in [0.4, 0.5) is 4.39 Å². The number of primary amides is 2. The summed E-state index contributed by atoms with van der Waals surface area (Å²) in [5.74, 6) is -0.677. The molecule has 7 heteroatoms. The van der Waals surface area contributed by atoms with Gasteiger partial charge in [-0.15, -0.1) is 0 Å². The number of allylic oxidation sites excluding steroid dienone is 1. The van der Waals surface area contributed by atoms with Crippen molar-refractivity contribution < 1.29 is 14.0 Å². The highest BCUT2D eigenvalue weighted by molar-refractivity contribution is 8.11. The van der Waals surface area contributed by atoms with Crippen molar-refractivity contribution in [1.29, 1.82) is 0 Å². The third-order valence-corrected chi connectivity index (χ3v) is 3.91. The van der Waals surface area contributed by atoms with Crippen LogP contribution in [-0.4, -0.2) is 19.4 Å². The van der Waals surface area contributed by atoms with Gasteiger partial charge in [0.05, 0.1) is 10.6 Å². The van der Waals surface area contributed by atoms with Crippen molar-refractivity contribution in [3.8, 4) is 0 Å². The van der Waals surface area contributed by atoms with E-state index in [1.165, 1.54) is 23.9 Å². The van der Waals surface area contributed by atoms with Gasteiger partial charge in [0.25, 0.3) is 0 Å². The van der Waals surface area contributed by atoms with Gasteiger partial charge in [-0.2, -0.15) is 0 Å². The quantitative estimate of drug-likeness (QED) is 0.733. The van der Waals surface area contributed by atoms with Crippen LogP contribution in [0, 0.1) is 5.82 Å². The Morgan fingerprint density at radius 2 is 1.95 bits per heavy atom. The summed E-state index contributed by atoms with van der Waals surface area (Å²) in [6.45, 7) is 0. The van der Waals surface area contributed by atoms with Crippen LogP contribution >= 0.6 is 11.8 Å². The average molecular weight is 309 g/mol. The lowest BCUT2D eigenvalue weighted by atomic mass is 10.1. The molecule has 0 bridgehead atoms. The molecule has 1 aromatic rings. The molecule has 2 amide bonds. The van der Waals surface area contributed by atoms with E-state index in [0.29, 0.717) is 12.0 Å².